The first-order valence-electron chi connectivity index (χ1n) is 11.8. The van der Waals surface area contributed by atoms with Gasteiger partial charge in [-0.15, -0.1) is 0 Å². The molecule has 1 unspecified atom stereocenters. The van der Waals surface area contributed by atoms with Gasteiger partial charge in [0, 0.05) is 24.3 Å². The first kappa shape index (κ1) is 25.9. The van der Waals surface area contributed by atoms with Crippen LogP contribution in [-0.2, 0) is 20.5 Å². The highest BCUT2D eigenvalue weighted by Gasteiger charge is 2.49. The predicted molar refractivity (Wildman–Crippen MR) is 135 cm³/mol. The molecule has 8 heteroatoms. The van der Waals surface area contributed by atoms with Crippen LogP contribution < -0.4 is 10.6 Å². The minimum absolute atomic E-state index is 0.0383. The van der Waals surface area contributed by atoms with Gasteiger partial charge in [0.1, 0.15) is 12.1 Å². The molecule has 3 rings (SSSR count). The number of nitrogens with one attached hydrogen (secondary N) is 2. The third kappa shape index (κ3) is 5.37. The fraction of sp³-hybridized carbons (Fsp3) is 0.407. The van der Waals surface area contributed by atoms with Crippen molar-refractivity contribution in [3.05, 3.63) is 65.2 Å². The number of nitrogens with zero attached hydrogens (tertiary/aromatic N) is 2. The van der Waals surface area contributed by atoms with Crippen molar-refractivity contribution in [2.24, 2.45) is 0 Å². The molecule has 1 saturated heterocycles. The molecule has 1 aliphatic rings. The van der Waals surface area contributed by atoms with Gasteiger partial charge in [0.2, 0.25) is 5.91 Å². The normalized spacial score (nSPS) is 17.8. The van der Waals surface area contributed by atoms with Crippen LogP contribution in [-0.4, -0.2) is 53.2 Å². The van der Waals surface area contributed by atoms with E-state index in [0.29, 0.717) is 29.9 Å². The number of urea groups is 1. The highest BCUT2D eigenvalue weighted by atomic mass is 16.2. The lowest BCUT2D eigenvalue weighted by molar-refractivity contribution is -0.133. The Morgan fingerprint density at radius 1 is 0.971 bits per heavy atom. The molecule has 0 saturated carbocycles. The standard InChI is InChI=1S/C27H34N4O4/c1-7-30(8-2)23(33)18-9-15-21(16-10-18)28-22(32)17-31-24(34)27(6,29-25(31)35)20-13-11-19(12-14-20)26(3,4)5/h9-16H,7-8,17H2,1-6H3,(H,28,32)(H,29,35). The molecule has 2 aromatic carbocycles. The maximum atomic E-state index is 13.2. The molecule has 0 radical (unpaired) electrons. The molecular formula is C27H34N4O4. The lowest BCUT2D eigenvalue weighted by Crippen LogP contribution is -2.42. The average molecular weight is 479 g/mol. The number of hydrogen-bond acceptors (Lipinski definition) is 4. The minimum atomic E-state index is -1.25. The van der Waals surface area contributed by atoms with Crippen LogP contribution in [0.25, 0.3) is 0 Å². The van der Waals surface area contributed by atoms with E-state index >= 15 is 0 Å². The second kappa shape index (κ2) is 9.90. The summed E-state index contributed by atoms with van der Waals surface area (Å²) < 4.78 is 0. The molecule has 1 heterocycles. The quantitative estimate of drug-likeness (QED) is 0.590. The zero-order valence-corrected chi connectivity index (χ0v) is 21.3. The fourth-order valence-corrected chi connectivity index (χ4v) is 4.07. The second-order valence-electron chi connectivity index (χ2n) is 9.88. The van der Waals surface area contributed by atoms with Crippen molar-refractivity contribution in [3.8, 4) is 0 Å². The summed E-state index contributed by atoms with van der Waals surface area (Å²) >= 11 is 0. The number of carbonyl (C=O) groups excluding carboxylic acids is 4. The summed E-state index contributed by atoms with van der Waals surface area (Å²) in [5, 5.41) is 5.42. The molecule has 0 bridgehead atoms. The molecule has 0 spiro atoms. The molecule has 0 aromatic heterocycles. The first-order valence-corrected chi connectivity index (χ1v) is 11.8. The Morgan fingerprint density at radius 3 is 2.06 bits per heavy atom. The van der Waals surface area contributed by atoms with E-state index < -0.39 is 29.9 Å². The zero-order valence-electron chi connectivity index (χ0n) is 21.3. The largest absolute Gasteiger partial charge is 0.339 e. The van der Waals surface area contributed by atoms with E-state index in [1.54, 1.807) is 36.1 Å². The van der Waals surface area contributed by atoms with E-state index in [2.05, 4.69) is 31.4 Å². The number of imide groups is 1. The van der Waals surface area contributed by atoms with E-state index in [1.165, 1.54) is 0 Å². The third-order valence-electron chi connectivity index (χ3n) is 6.37. The van der Waals surface area contributed by atoms with E-state index in [1.807, 2.05) is 38.1 Å². The van der Waals surface area contributed by atoms with Crippen molar-refractivity contribution >= 4 is 29.4 Å². The smallest absolute Gasteiger partial charge is 0.325 e. The van der Waals surface area contributed by atoms with Crippen LogP contribution in [0.15, 0.2) is 48.5 Å². The topological polar surface area (TPSA) is 98.8 Å². The SMILES string of the molecule is CCN(CC)C(=O)c1ccc(NC(=O)CN2C(=O)NC(C)(c3ccc(C(C)(C)C)cc3)C2=O)cc1. The Kier molecular flexibility index (Phi) is 7.33. The molecule has 0 aliphatic carbocycles. The zero-order chi connectivity index (χ0) is 26.0. The van der Waals surface area contributed by atoms with Gasteiger partial charge < -0.3 is 15.5 Å². The Balaban J connectivity index is 1.67. The van der Waals surface area contributed by atoms with E-state index in [-0.39, 0.29) is 11.3 Å². The van der Waals surface area contributed by atoms with Gasteiger partial charge >= 0.3 is 6.03 Å². The Bertz CT molecular complexity index is 1120. The first-order chi connectivity index (χ1) is 16.4. The van der Waals surface area contributed by atoms with Crippen LogP contribution in [0.4, 0.5) is 10.5 Å². The molecule has 1 fully saturated rings. The van der Waals surface area contributed by atoms with Gasteiger partial charge in [-0.25, -0.2) is 4.79 Å². The minimum Gasteiger partial charge on any atom is -0.339 e. The molecule has 186 valence electrons. The van der Waals surface area contributed by atoms with E-state index in [9.17, 15) is 19.2 Å². The molecule has 2 aromatic rings. The summed E-state index contributed by atoms with van der Waals surface area (Å²) in [4.78, 5) is 53.5. The third-order valence-corrected chi connectivity index (χ3v) is 6.37. The summed E-state index contributed by atoms with van der Waals surface area (Å²) in [5.41, 5.74) is 1.47. The Morgan fingerprint density at radius 2 is 1.54 bits per heavy atom. The van der Waals surface area contributed by atoms with Gasteiger partial charge in [-0.3, -0.25) is 19.3 Å². The monoisotopic (exact) mass is 478 g/mol. The van der Waals surface area contributed by atoms with Crippen molar-refractivity contribution in [2.75, 3.05) is 25.0 Å². The molecule has 35 heavy (non-hydrogen) atoms. The predicted octanol–water partition coefficient (Wildman–Crippen LogP) is 3.87. The van der Waals surface area contributed by atoms with Crippen molar-refractivity contribution in [3.63, 3.8) is 0 Å². The summed E-state index contributed by atoms with van der Waals surface area (Å²) in [6, 6.07) is 13.5. The fourth-order valence-electron chi connectivity index (χ4n) is 4.07. The molecule has 1 aliphatic heterocycles. The van der Waals surface area contributed by atoms with Crippen molar-refractivity contribution in [1.29, 1.82) is 0 Å². The number of anilines is 1. The lowest BCUT2D eigenvalue weighted by atomic mass is 9.84. The molecule has 8 nitrogen and oxygen atoms in total. The highest BCUT2D eigenvalue weighted by molar-refractivity contribution is 6.10. The second-order valence-corrected chi connectivity index (χ2v) is 9.88. The van der Waals surface area contributed by atoms with Crippen LogP contribution >= 0.6 is 0 Å². The summed E-state index contributed by atoms with van der Waals surface area (Å²) in [6.07, 6.45) is 0. The van der Waals surface area contributed by atoms with Gasteiger partial charge in [0.25, 0.3) is 11.8 Å². The highest BCUT2D eigenvalue weighted by Crippen LogP contribution is 2.31. The van der Waals surface area contributed by atoms with Crippen LogP contribution in [0.2, 0.25) is 0 Å². The molecule has 2 N–H and O–H groups in total. The summed E-state index contributed by atoms with van der Waals surface area (Å²) in [5.74, 6) is -1.08. The number of carbonyl (C=O) groups is 4. The molecule has 1 atom stereocenters. The van der Waals surface area contributed by atoms with Gasteiger partial charge in [-0.2, -0.15) is 0 Å². The maximum Gasteiger partial charge on any atom is 0.325 e. The Hall–Kier alpha value is -3.68. The number of rotatable bonds is 7. The maximum absolute atomic E-state index is 13.2. The number of amides is 5. The number of benzene rings is 2. The summed E-state index contributed by atoms with van der Waals surface area (Å²) in [7, 11) is 0. The van der Waals surface area contributed by atoms with Gasteiger partial charge in [-0.1, -0.05) is 45.0 Å². The van der Waals surface area contributed by atoms with Gasteiger partial charge in [-0.05, 0) is 61.6 Å². The van der Waals surface area contributed by atoms with Crippen molar-refractivity contribution in [1.82, 2.24) is 15.1 Å². The van der Waals surface area contributed by atoms with E-state index in [0.717, 1.165) is 10.5 Å². The van der Waals surface area contributed by atoms with Crippen LogP contribution in [0.5, 0.6) is 0 Å². The van der Waals surface area contributed by atoms with Crippen molar-refractivity contribution < 1.29 is 19.2 Å². The number of hydrogen-bond donors (Lipinski definition) is 2. The lowest BCUT2D eigenvalue weighted by Gasteiger charge is -2.24. The molecule has 5 amide bonds. The van der Waals surface area contributed by atoms with Gasteiger partial charge in [0.05, 0.1) is 0 Å². The van der Waals surface area contributed by atoms with Crippen molar-refractivity contribution in [2.45, 2.75) is 52.5 Å². The van der Waals surface area contributed by atoms with Crippen LogP contribution in [0.3, 0.4) is 0 Å². The van der Waals surface area contributed by atoms with Gasteiger partial charge in [0.15, 0.2) is 0 Å². The van der Waals surface area contributed by atoms with Crippen LogP contribution in [0, 0.1) is 0 Å². The Labute approximate surface area is 206 Å². The summed E-state index contributed by atoms with van der Waals surface area (Å²) in [6.45, 7) is 12.6. The van der Waals surface area contributed by atoms with Crippen LogP contribution in [0.1, 0.15) is 63.0 Å². The molecular weight excluding hydrogens is 444 g/mol. The van der Waals surface area contributed by atoms with E-state index in [4.69, 9.17) is 0 Å². The average Bonchev–Trinajstić information content (AvgIpc) is 3.03.